The Kier molecular flexibility index (Phi) is 3.61. The predicted octanol–water partition coefficient (Wildman–Crippen LogP) is 3.81. The Bertz CT molecular complexity index is 498. The van der Waals surface area contributed by atoms with Gasteiger partial charge in [0.1, 0.15) is 11.6 Å². The molecule has 18 heavy (non-hydrogen) atoms. The van der Waals surface area contributed by atoms with Gasteiger partial charge in [0.05, 0.1) is 5.69 Å². The molecule has 5 heteroatoms. The lowest BCUT2D eigenvalue weighted by atomic mass is 9.97. The number of amidine groups is 1. The molecule has 1 aromatic carbocycles. The van der Waals surface area contributed by atoms with Crippen LogP contribution in [0.15, 0.2) is 17.1 Å². The van der Waals surface area contributed by atoms with Crippen LogP contribution in [0.1, 0.15) is 19.4 Å². The van der Waals surface area contributed by atoms with Gasteiger partial charge in [-0.1, -0.05) is 25.6 Å². The van der Waals surface area contributed by atoms with E-state index in [-0.39, 0.29) is 11.1 Å². The lowest BCUT2D eigenvalue weighted by Crippen LogP contribution is -2.27. The Morgan fingerprint density at radius 1 is 1.28 bits per heavy atom. The van der Waals surface area contributed by atoms with Crippen LogP contribution in [0.4, 0.5) is 14.5 Å². The second-order valence-electron chi connectivity index (χ2n) is 5.28. The molecule has 1 aliphatic heterocycles. The molecule has 1 heterocycles. The zero-order valence-corrected chi connectivity index (χ0v) is 11.5. The third kappa shape index (κ3) is 3.02. The normalized spacial score (nSPS) is 18.4. The molecule has 0 saturated carbocycles. The van der Waals surface area contributed by atoms with E-state index in [1.807, 2.05) is 0 Å². The van der Waals surface area contributed by atoms with Gasteiger partial charge < -0.3 is 5.32 Å². The maximum absolute atomic E-state index is 13.6. The molecule has 2 rings (SSSR count). The minimum absolute atomic E-state index is 0.143. The Morgan fingerprint density at radius 3 is 2.61 bits per heavy atom. The molecule has 2 nitrogen and oxygen atoms in total. The minimum atomic E-state index is -0.456. The van der Waals surface area contributed by atoms with Crippen LogP contribution in [0, 0.1) is 24.0 Å². The molecule has 0 atom stereocenters. The number of hydrogen-bond acceptors (Lipinski definition) is 3. The second kappa shape index (κ2) is 4.88. The monoisotopic (exact) mass is 270 g/mol. The molecule has 0 unspecified atom stereocenters. The number of nitrogens with one attached hydrogen (secondary N) is 1. The van der Waals surface area contributed by atoms with Gasteiger partial charge in [-0.3, -0.25) is 4.99 Å². The number of anilines is 1. The molecule has 0 spiro atoms. The fourth-order valence-corrected chi connectivity index (χ4v) is 2.53. The SMILES string of the molecule is Cc1cc(F)c(NC2=NCC(C)(C)CS2)cc1F. The van der Waals surface area contributed by atoms with Crippen molar-refractivity contribution >= 4 is 22.6 Å². The number of benzene rings is 1. The molecule has 0 saturated heterocycles. The lowest BCUT2D eigenvalue weighted by Gasteiger charge is -2.27. The maximum atomic E-state index is 13.6. The Hall–Kier alpha value is -1.10. The van der Waals surface area contributed by atoms with E-state index < -0.39 is 11.6 Å². The highest BCUT2D eigenvalue weighted by molar-refractivity contribution is 8.14. The van der Waals surface area contributed by atoms with Crippen molar-refractivity contribution in [1.29, 1.82) is 0 Å². The number of aliphatic imine (C=N–C) groups is 1. The second-order valence-corrected chi connectivity index (χ2v) is 6.24. The summed E-state index contributed by atoms with van der Waals surface area (Å²) in [6, 6.07) is 2.36. The van der Waals surface area contributed by atoms with Crippen molar-refractivity contribution in [3.63, 3.8) is 0 Å². The topological polar surface area (TPSA) is 24.4 Å². The smallest absolute Gasteiger partial charge is 0.161 e. The van der Waals surface area contributed by atoms with Crippen LogP contribution in [0.3, 0.4) is 0 Å². The molecule has 1 N–H and O–H groups in total. The van der Waals surface area contributed by atoms with Crippen LogP contribution in [0.2, 0.25) is 0 Å². The first-order valence-electron chi connectivity index (χ1n) is 5.77. The van der Waals surface area contributed by atoms with Crippen molar-refractivity contribution in [3.8, 4) is 0 Å². The first-order valence-corrected chi connectivity index (χ1v) is 6.76. The maximum Gasteiger partial charge on any atom is 0.161 e. The van der Waals surface area contributed by atoms with E-state index in [0.717, 1.165) is 5.75 Å². The van der Waals surface area contributed by atoms with Crippen LogP contribution < -0.4 is 5.32 Å². The lowest BCUT2D eigenvalue weighted by molar-refractivity contribution is 0.438. The van der Waals surface area contributed by atoms with Gasteiger partial charge in [-0.2, -0.15) is 0 Å². The van der Waals surface area contributed by atoms with E-state index in [9.17, 15) is 8.78 Å². The summed E-state index contributed by atoms with van der Waals surface area (Å²) in [7, 11) is 0. The third-order valence-electron chi connectivity index (χ3n) is 2.74. The molecular weight excluding hydrogens is 254 g/mol. The summed E-state index contributed by atoms with van der Waals surface area (Å²) in [5.41, 5.74) is 0.605. The summed E-state index contributed by atoms with van der Waals surface area (Å²) in [6.07, 6.45) is 0. The molecular formula is C13H16F2N2S. The molecule has 98 valence electrons. The van der Waals surface area contributed by atoms with Crippen LogP contribution in [0.5, 0.6) is 0 Å². The molecule has 0 radical (unpaired) electrons. The molecule has 1 aromatic rings. The number of halogens is 2. The van der Waals surface area contributed by atoms with E-state index in [2.05, 4.69) is 24.2 Å². The highest BCUT2D eigenvalue weighted by Gasteiger charge is 2.23. The summed E-state index contributed by atoms with van der Waals surface area (Å²) in [5, 5.41) is 3.50. The van der Waals surface area contributed by atoms with Crippen molar-refractivity contribution in [2.75, 3.05) is 17.6 Å². The summed E-state index contributed by atoms with van der Waals surface area (Å²) >= 11 is 1.53. The summed E-state index contributed by atoms with van der Waals surface area (Å²) in [4.78, 5) is 4.35. The highest BCUT2D eigenvalue weighted by Crippen LogP contribution is 2.29. The molecule has 0 bridgehead atoms. The van der Waals surface area contributed by atoms with Crippen molar-refractivity contribution in [2.45, 2.75) is 20.8 Å². The zero-order valence-electron chi connectivity index (χ0n) is 10.7. The fraction of sp³-hybridized carbons (Fsp3) is 0.462. The standard InChI is InChI=1S/C13H16F2N2S/c1-8-4-10(15)11(5-9(8)14)17-12-16-6-13(2,3)7-18-12/h4-5H,6-7H2,1-3H3,(H,16,17). The van der Waals surface area contributed by atoms with Crippen LogP contribution >= 0.6 is 11.8 Å². The van der Waals surface area contributed by atoms with E-state index in [0.29, 0.717) is 17.3 Å². The molecule has 0 aromatic heterocycles. The van der Waals surface area contributed by atoms with Crippen molar-refractivity contribution < 1.29 is 8.78 Å². The molecule has 1 aliphatic rings. The average Bonchev–Trinajstić information content (AvgIpc) is 2.28. The van der Waals surface area contributed by atoms with Gasteiger partial charge >= 0.3 is 0 Å². The molecule has 0 aliphatic carbocycles. The van der Waals surface area contributed by atoms with Crippen molar-refractivity contribution in [3.05, 3.63) is 29.3 Å². The van der Waals surface area contributed by atoms with Gasteiger partial charge in [-0.05, 0) is 24.0 Å². The van der Waals surface area contributed by atoms with Gasteiger partial charge in [0, 0.05) is 18.4 Å². The van der Waals surface area contributed by atoms with Gasteiger partial charge in [-0.15, -0.1) is 0 Å². The number of rotatable bonds is 1. The van der Waals surface area contributed by atoms with E-state index in [1.54, 1.807) is 0 Å². The largest absolute Gasteiger partial charge is 0.333 e. The summed E-state index contributed by atoms with van der Waals surface area (Å²) in [5.74, 6) is 0.0390. The minimum Gasteiger partial charge on any atom is -0.333 e. The molecule has 0 fully saturated rings. The van der Waals surface area contributed by atoms with Gasteiger partial charge in [0.2, 0.25) is 0 Å². The summed E-state index contributed by atoms with van der Waals surface area (Å²) < 4.78 is 27.0. The Labute approximate surface area is 110 Å². The number of nitrogens with zero attached hydrogens (tertiary/aromatic N) is 1. The van der Waals surface area contributed by atoms with E-state index in [4.69, 9.17) is 0 Å². The van der Waals surface area contributed by atoms with Crippen LogP contribution in [-0.2, 0) is 0 Å². The number of aryl methyl sites for hydroxylation is 1. The van der Waals surface area contributed by atoms with Crippen molar-refractivity contribution in [2.24, 2.45) is 10.4 Å². The van der Waals surface area contributed by atoms with Gasteiger partial charge in [0.25, 0.3) is 0 Å². The zero-order chi connectivity index (χ0) is 13.3. The first kappa shape index (κ1) is 13.3. The van der Waals surface area contributed by atoms with E-state index >= 15 is 0 Å². The highest BCUT2D eigenvalue weighted by atomic mass is 32.2. The Morgan fingerprint density at radius 2 is 2.00 bits per heavy atom. The molecule has 0 amide bonds. The third-order valence-corrected chi connectivity index (χ3v) is 4.17. The number of hydrogen-bond donors (Lipinski definition) is 1. The number of thioether (sulfide) groups is 1. The van der Waals surface area contributed by atoms with Gasteiger partial charge in [-0.25, -0.2) is 8.78 Å². The first-order chi connectivity index (χ1) is 8.37. The summed E-state index contributed by atoms with van der Waals surface area (Å²) in [6.45, 7) is 6.49. The predicted molar refractivity (Wildman–Crippen MR) is 73.3 cm³/mol. The van der Waals surface area contributed by atoms with E-state index in [1.165, 1.54) is 30.8 Å². The van der Waals surface area contributed by atoms with Crippen molar-refractivity contribution in [1.82, 2.24) is 0 Å². The fourth-order valence-electron chi connectivity index (χ4n) is 1.57. The Balaban J connectivity index is 2.16. The van der Waals surface area contributed by atoms with Crippen LogP contribution in [0.25, 0.3) is 0 Å². The van der Waals surface area contributed by atoms with Gasteiger partial charge in [0.15, 0.2) is 5.17 Å². The quantitative estimate of drug-likeness (QED) is 0.839. The van der Waals surface area contributed by atoms with Crippen LogP contribution in [-0.4, -0.2) is 17.5 Å². The average molecular weight is 270 g/mol.